The topological polar surface area (TPSA) is 34.1 Å². The van der Waals surface area contributed by atoms with Gasteiger partial charge in [-0.05, 0) is 47.2 Å². The van der Waals surface area contributed by atoms with Crippen molar-refractivity contribution in [3.8, 4) is 0 Å². The highest BCUT2D eigenvalue weighted by atomic mass is 32.2. The van der Waals surface area contributed by atoms with Crippen molar-refractivity contribution >= 4 is 26.2 Å². The first-order chi connectivity index (χ1) is 9.64. The van der Waals surface area contributed by atoms with Crippen LogP contribution >= 0.6 is 0 Å². The van der Waals surface area contributed by atoms with E-state index in [1.54, 1.807) is 0 Å². The lowest BCUT2D eigenvalue weighted by Gasteiger charge is -2.20. The minimum Gasteiger partial charge on any atom is -0.228 e. The number of rotatable bonds is 1. The molecule has 2 heterocycles. The molecule has 4 rings (SSSR count). The van der Waals surface area contributed by atoms with Crippen LogP contribution in [0.25, 0.3) is 16.3 Å². The van der Waals surface area contributed by atoms with Gasteiger partial charge in [-0.1, -0.05) is 42.5 Å². The minimum absolute atomic E-state index is 0.154. The smallest absolute Gasteiger partial charge is 0.159 e. The predicted octanol–water partition coefficient (Wildman–Crippen LogP) is 3.57. The molecule has 102 valence electrons. The van der Waals surface area contributed by atoms with Gasteiger partial charge < -0.3 is 0 Å². The number of allylic oxidation sites excluding steroid dienone is 1. The Labute approximate surface area is 119 Å². The van der Waals surface area contributed by atoms with E-state index in [2.05, 4.69) is 30.3 Å². The lowest BCUT2D eigenvalue weighted by atomic mass is 9.98. The normalized spacial score (nSPS) is 27.5. The predicted molar refractivity (Wildman–Crippen MR) is 82.3 cm³/mol. The summed E-state index contributed by atoms with van der Waals surface area (Å²) in [5.74, 6) is 0. The maximum absolute atomic E-state index is 12.1. The van der Waals surface area contributed by atoms with Gasteiger partial charge in [-0.3, -0.25) is 0 Å². The average Bonchev–Trinajstić information content (AvgIpc) is 2.67. The van der Waals surface area contributed by atoms with Crippen molar-refractivity contribution in [3.05, 3.63) is 54.1 Å². The summed E-state index contributed by atoms with van der Waals surface area (Å²) in [6.07, 6.45) is 4.28. The molecule has 2 aliphatic rings. The summed E-state index contributed by atoms with van der Waals surface area (Å²) in [6, 6.07) is 14.7. The van der Waals surface area contributed by atoms with Crippen molar-refractivity contribution in [2.24, 2.45) is 0 Å². The molecule has 0 spiro atoms. The van der Waals surface area contributed by atoms with Crippen molar-refractivity contribution in [2.45, 2.75) is 29.8 Å². The Kier molecular flexibility index (Phi) is 2.55. The summed E-state index contributed by atoms with van der Waals surface area (Å²) in [7, 11) is -2.89. The maximum Gasteiger partial charge on any atom is 0.159 e. The molecule has 3 heteroatoms. The molecule has 1 fully saturated rings. The van der Waals surface area contributed by atoms with Crippen LogP contribution in [0.4, 0.5) is 0 Å². The van der Waals surface area contributed by atoms with Crippen LogP contribution in [0, 0.1) is 0 Å². The zero-order chi connectivity index (χ0) is 13.7. The summed E-state index contributed by atoms with van der Waals surface area (Å²) < 4.78 is 24.2. The van der Waals surface area contributed by atoms with Crippen molar-refractivity contribution in [3.63, 3.8) is 0 Å². The van der Waals surface area contributed by atoms with E-state index in [0.29, 0.717) is 6.42 Å². The zero-order valence-corrected chi connectivity index (χ0v) is 11.9. The SMILES string of the molecule is O=S1(=O)C2C=C(c3ccc4ccccc4c3)CC1CC2. The van der Waals surface area contributed by atoms with Crippen molar-refractivity contribution in [2.75, 3.05) is 0 Å². The minimum atomic E-state index is -2.89. The van der Waals surface area contributed by atoms with E-state index in [1.807, 2.05) is 18.2 Å². The van der Waals surface area contributed by atoms with Crippen LogP contribution in [0.3, 0.4) is 0 Å². The van der Waals surface area contributed by atoms with Gasteiger partial charge >= 0.3 is 0 Å². The largest absolute Gasteiger partial charge is 0.228 e. The fourth-order valence-corrected chi connectivity index (χ4v) is 5.65. The zero-order valence-electron chi connectivity index (χ0n) is 11.1. The highest BCUT2D eigenvalue weighted by Gasteiger charge is 2.43. The van der Waals surface area contributed by atoms with E-state index in [1.165, 1.54) is 21.9 Å². The van der Waals surface area contributed by atoms with Crippen molar-refractivity contribution < 1.29 is 8.42 Å². The summed E-state index contributed by atoms with van der Waals surface area (Å²) in [5, 5.41) is 2.04. The van der Waals surface area contributed by atoms with Gasteiger partial charge in [-0.25, -0.2) is 8.42 Å². The van der Waals surface area contributed by atoms with Crippen LogP contribution in [-0.2, 0) is 9.84 Å². The van der Waals surface area contributed by atoms with Crippen LogP contribution in [-0.4, -0.2) is 18.9 Å². The highest BCUT2D eigenvalue weighted by Crippen LogP contribution is 2.41. The van der Waals surface area contributed by atoms with Gasteiger partial charge in [0.25, 0.3) is 0 Å². The van der Waals surface area contributed by atoms with E-state index < -0.39 is 9.84 Å². The lowest BCUT2D eigenvalue weighted by molar-refractivity contribution is 0.585. The van der Waals surface area contributed by atoms with Gasteiger partial charge in [0, 0.05) is 0 Å². The van der Waals surface area contributed by atoms with Gasteiger partial charge in [-0.15, -0.1) is 0 Å². The van der Waals surface area contributed by atoms with Gasteiger partial charge in [0.1, 0.15) is 0 Å². The van der Waals surface area contributed by atoms with Crippen molar-refractivity contribution in [1.29, 1.82) is 0 Å². The van der Waals surface area contributed by atoms with Gasteiger partial charge in [0.05, 0.1) is 10.5 Å². The molecule has 0 aliphatic carbocycles. The molecule has 0 N–H and O–H groups in total. The summed E-state index contributed by atoms with van der Waals surface area (Å²) in [5.41, 5.74) is 2.38. The number of fused-ring (bicyclic) bond motifs is 3. The fraction of sp³-hybridized carbons (Fsp3) is 0.294. The monoisotopic (exact) mass is 284 g/mol. The van der Waals surface area contributed by atoms with E-state index in [-0.39, 0.29) is 10.5 Å². The molecule has 1 saturated heterocycles. The highest BCUT2D eigenvalue weighted by molar-refractivity contribution is 7.93. The maximum atomic E-state index is 12.1. The molecule has 20 heavy (non-hydrogen) atoms. The van der Waals surface area contributed by atoms with E-state index >= 15 is 0 Å². The number of benzene rings is 2. The Hall–Kier alpha value is -1.61. The lowest BCUT2D eigenvalue weighted by Crippen LogP contribution is -2.26. The van der Waals surface area contributed by atoms with Gasteiger partial charge in [0.15, 0.2) is 9.84 Å². The molecule has 2 aliphatic heterocycles. The summed E-state index contributed by atoms with van der Waals surface area (Å²) >= 11 is 0. The Morgan fingerprint density at radius 3 is 2.55 bits per heavy atom. The summed E-state index contributed by atoms with van der Waals surface area (Å²) in [6.45, 7) is 0. The number of hydrogen-bond acceptors (Lipinski definition) is 2. The molecular weight excluding hydrogens is 268 g/mol. The first-order valence-corrected chi connectivity index (χ1v) is 8.68. The third-order valence-corrected chi connectivity index (χ3v) is 7.16. The fourth-order valence-electron chi connectivity index (χ4n) is 3.46. The number of hydrogen-bond donors (Lipinski definition) is 0. The molecule has 2 nitrogen and oxygen atoms in total. The van der Waals surface area contributed by atoms with Crippen LogP contribution in [0.5, 0.6) is 0 Å². The molecule has 0 amide bonds. The van der Waals surface area contributed by atoms with Crippen LogP contribution < -0.4 is 0 Å². The van der Waals surface area contributed by atoms with E-state index in [9.17, 15) is 8.42 Å². The first-order valence-electron chi connectivity index (χ1n) is 7.07. The van der Waals surface area contributed by atoms with Crippen LogP contribution in [0.1, 0.15) is 24.8 Å². The molecule has 2 aromatic rings. The van der Waals surface area contributed by atoms with Gasteiger partial charge in [0.2, 0.25) is 0 Å². The molecule has 2 aromatic carbocycles. The second-order valence-corrected chi connectivity index (χ2v) is 8.24. The molecular formula is C17H16O2S. The summed E-state index contributed by atoms with van der Waals surface area (Å²) in [4.78, 5) is 0. The average molecular weight is 284 g/mol. The molecule has 2 bridgehead atoms. The molecule has 2 unspecified atom stereocenters. The van der Waals surface area contributed by atoms with Crippen LogP contribution in [0.2, 0.25) is 0 Å². The van der Waals surface area contributed by atoms with Gasteiger partial charge in [-0.2, -0.15) is 0 Å². The van der Waals surface area contributed by atoms with E-state index in [0.717, 1.165) is 12.8 Å². The van der Waals surface area contributed by atoms with E-state index in [4.69, 9.17) is 0 Å². The molecule has 0 saturated carbocycles. The third-order valence-electron chi connectivity index (χ3n) is 4.61. The molecule has 0 aromatic heterocycles. The van der Waals surface area contributed by atoms with Crippen LogP contribution in [0.15, 0.2) is 48.5 Å². The number of sulfone groups is 1. The molecule has 0 radical (unpaired) electrons. The second kappa shape index (κ2) is 4.19. The van der Waals surface area contributed by atoms with Crippen molar-refractivity contribution in [1.82, 2.24) is 0 Å². The Bertz CT molecular complexity index is 818. The second-order valence-electron chi connectivity index (χ2n) is 5.78. The first kappa shape index (κ1) is 12.2. The Balaban J connectivity index is 1.81. The quantitative estimate of drug-likeness (QED) is 0.802. The Morgan fingerprint density at radius 2 is 1.75 bits per heavy atom. The molecule has 2 atom stereocenters. The third kappa shape index (κ3) is 1.73. The standard InChI is InChI=1S/C17H16O2S/c18-20(19)16-7-8-17(20)11-15(10-16)14-6-5-12-3-1-2-4-13(12)9-14/h1-6,9-10,16-17H,7-8,11H2. The Morgan fingerprint density at radius 1 is 0.950 bits per heavy atom.